The van der Waals surface area contributed by atoms with Crippen LogP contribution >= 0.6 is 0 Å². The van der Waals surface area contributed by atoms with E-state index in [4.69, 9.17) is 0 Å². The lowest BCUT2D eigenvalue weighted by atomic mass is 10.2. The van der Waals surface area contributed by atoms with E-state index >= 15 is 0 Å². The normalized spacial score (nSPS) is 18.5. The van der Waals surface area contributed by atoms with Crippen LogP contribution in [0.1, 0.15) is 19.4 Å². The van der Waals surface area contributed by atoms with Gasteiger partial charge in [-0.1, -0.05) is 18.2 Å². The van der Waals surface area contributed by atoms with E-state index in [0.29, 0.717) is 0 Å². The lowest BCUT2D eigenvalue weighted by molar-refractivity contribution is -0.843. The molecule has 2 N–H and O–H groups in total. The molecule has 130 valence electrons. The molecule has 2 aromatic carbocycles. The fourth-order valence-electron chi connectivity index (χ4n) is 3.36. The van der Waals surface area contributed by atoms with Crippen molar-refractivity contribution in [2.75, 3.05) is 23.3 Å². The third-order valence-corrected chi connectivity index (χ3v) is 4.50. The molecule has 0 saturated heterocycles. The highest BCUT2D eigenvalue weighted by Gasteiger charge is 2.37. The van der Waals surface area contributed by atoms with Crippen molar-refractivity contribution in [3.05, 3.63) is 66.4 Å². The molecule has 1 aliphatic heterocycles. The number of hydrogen-bond donors (Lipinski definition) is 2. The number of nitrogens with zero attached hydrogens (tertiary/aromatic N) is 2. The summed E-state index contributed by atoms with van der Waals surface area (Å²) in [6, 6.07) is 18.4. The molecule has 0 aromatic heterocycles. The molecule has 0 radical (unpaired) electrons. The maximum Gasteiger partial charge on any atom is 0.189 e. The van der Waals surface area contributed by atoms with Crippen molar-refractivity contribution in [3.8, 4) is 6.07 Å². The Hall–Kier alpha value is -2.04. The minimum absolute atomic E-state index is 0. The summed E-state index contributed by atoms with van der Waals surface area (Å²) in [7, 11) is 0. The zero-order chi connectivity index (χ0) is 16.9. The van der Waals surface area contributed by atoms with Crippen molar-refractivity contribution in [2.45, 2.75) is 20.0 Å². The number of benzene rings is 2. The van der Waals surface area contributed by atoms with Gasteiger partial charge in [0, 0.05) is 30.6 Å². The van der Waals surface area contributed by atoms with Crippen LogP contribution in [-0.2, 0) is 0 Å². The molecular formula is C20H23IN4. The van der Waals surface area contributed by atoms with Crippen molar-refractivity contribution in [3.63, 3.8) is 0 Å². The highest BCUT2D eigenvalue weighted by molar-refractivity contribution is 5.69. The van der Waals surface area contributed by atoms with E-state index in [1.807, 2.05) is 36.5 Å². The third-order valence-electron chi connectivity index (χ3n) is 4.50. The van der Waals surface area contributed by atoms with Gasteiger partial charge in [-0.25, -0.2) is 0 Å². The molecule has 1 heterocycles. The number of rotatable bonds is 5. The SMILES string of the molecule is CCN1c2cc(C#N)ccc2[NH+](CC)C1C=CNc1ccccc1.[I-]. The highest BCUT2D eigenvalue weighted by Crippen LogP contribution is 2.30. The van der Waals surface area contributed by atoms with Crippen molar-refractivity contribution >= 4 is 17.1 Å². The highest BCUT2D eigenvalue weighted by atomic mass is 127. The topological polar surface area (TPSA) is 43.5 Å². The average Bonchev–Trinajstić information content (AvgIpc) is 2.94. The van der Waals surface area contributed by atoms with Crippen LogP contribution in [0.5, 0.6) is 0 Å². The largest absolute Gasteiger partial charge is 1.00 e. The van der Waals surface area contributed by atoms with Gasteiger partial charge in [0.05, 0.1) is 18.2 Å². The van der Waals surface area contributed by atoms with Crippen molar-refractivity contribution in [2.24, 2.45) is 0 Å². The van der Waals surface area contributed by atoms with Crippen LogP contribution in [0.3, 0.4) is 0 Å². The first-order valence-electron chi connectivity index (χ1n) is 8.43. The van der Waals surface area contributed by atoms with E-state index < -0.39 is 0 Å². The van der Waals surface area contributed by atoms with Gasteiger partial charge in [0.1, 0.15) is 5.69 Å². The molecule has 5 heteroatoms. The molecule has 2 aromatic rings. The monoisotopic (exact) mass is 446 g/mol. The summed E-state index contributed by atoms with van der Waals surface area (Å²) in [5.74, 6) is 0. The number of hydrogen-bond acceptors (Lipinski definition) is 3. The number of para-hydroxylation sites is 1. The molecule has 2 unspecified atom stereocenters. The lowest BCUT2D eigenvalue weighted by Gasteiger charge is -2.24. The third kappa shape index (κ3) is 3.97. The number of fused-ring (bicyclic) bond motifs is 1. The minimum Gasteiger partial charge on any atom is -1.00 e. The summed E-state index contributed by atoms with van der Waals surface area (Å²) < 4.78 is 0. The Labute approximate surface area is 166 Å². The second-order valence-corrected chi connectivity index (χ2v) is 5.82. The van der Waals surface area contributed by atoms with Crippen LogP contribution in [0, 0.1) is 11.3 Å². The van der Waals surface area contributed by atoms with E-state index in [1.165, 1.54) is 16.3 Å². The van der Waals surface area contributed by atoms with E-state index in [1.54, 1.807) is 0 Å². The Morgan fingerprint density at radius 2 is 1.96 bits per heavy atom. The maximum atomic E-state index is 9.18. The first-order chi connectivity index (χ1) is 11.8. The van der Waals surface area contributed by atoms with Crippen LogP contribution < -0.4 is 39.1 Å². The molecular weight excluding hydrogens is 423 g/mol. The number of anilines is 2. The minimum atomic E-state index is 0. The Morgan fingerprint density at radius 1 is 1.20 bits per heavy atom. The summed E-state index contributed by atoms with van der Waals surface area (Å²) in [6.45, 7) is 6.26. The van der Waals surface area contributed by atoms with Gasteiger partial charge >= 0.3 is 0 Å². The molecule has 0 saturated carbocycles. The van der Waals surface area contributed by atoms with E-state index in [0.717, 1.165) is 24.3 Å². The molecule has 0 bridgehead atoms. The van der Waals surface area contributed by atoms with Gasteiger partial charge < -0.3 is 34.2 Å². The summed E-state index contributed by atoms with van der Waals surface area (Å²) in [5, 5.41) is 12.5. The fraction of sp³-hybridized carbons (Fsp3) is 0.250. The second-order valence-electron chi connectivity index (χ2n) is 5.82. The Balaban J connectivity index is 0.00000225. The molecule has 25 heavy (non-hydrogen) atoms. The first kappa shape index (κ1) is 19.3. The van der Waals surface area contributed by atoms with Crippen LogP contribution in [0.15, 0.2) is 60.8 Å². The van der Waals surface area contributed by atoms with E-state index in [2.05, 4.69) is 54.4 Å². The molecule has 4 nitrogen and oxygen atoms in total. The summed E-state index contributed by atoms with van der Waals surface area (Å²) in [5.41, 5.74) is 4.24. The predicted octanol–water partition coefficient (Wildman–Crippen LogP) is -0.110. The molecule has 0 aliphatic carbocycles. The van der Waals surface area contributed by atoms with Gasteiger partial charge in [-0.3, -0.25) is 4.90 Å². The van der Waals surface area contributed by atoms with Crippen LogP contribution in [0.2, 0.25) is 0 Å². The summed E-state index contributed by atoms with van der Waals surface area (Å²) >= 11 is 0. The number of quaternary nitrogens is 1. The molecule has 0 spiro atoms. The lowest BCUT2D eigenvalue weighted by Crippen LogP contribution is -3.10. The van der Waals surface area contributed by atoms with Crippen LogP contribution in [-0.4, -0.2) is 19.3 Å². The Bertz CT molecular complexity index is 767. The molecule has 3 rings (SSSR count). The fourth-order valence-corrected chi connectivity index (χ4v) is 3.36. The van der Waals surface area contributed by atoms with Gasteiger partial charge in [-0.15, -0.1) is 0 Å². The number of likely N-dealkylation sites (N-methyl/N-ethyl adjacent to an activating group) is 2. The standard InChI is InChI=1S/C20H22N4.HI/c1-3-23-18-11-10-16(15-21)14-19(18)24(4-2)20(23)12-13-22-17-8-6-5-7-9-17;/h5-14,20,22H,3-4H2,1-2H3;1H. The number of nitrogens with one attached hydrogen (secondary N) is 2. The maximum absolute atomic E-state index is 9.18. The quantitative estimate of drug-likeness (QED) is 0.631. The molecule has 2 atom stereocenters. The zero-order valence-corrected chi connectivity index (χ0v) is 16.7. The summed E-state index contributed by atoms with van der Waals surface area (Å²) in [4.78, 5) is 3.76. The van der Waals surface area contributed by atoms with Crippen molar-refractivity contribution in [1.29, 1.82) is 5.26 Å². The zero-order valence-electron chi connectivity index (χ0n) is 14.5. The van der Waals surface area contributed by atoms with Crippen LogP contribution in [0.4, 0.5) is 17.1 Å². The van der Waals surface area contributed by atoms with Crippen molar-refractivity contribution in [1.82, 2.24) is 0 Å². The first-order valence-corrected chi connectivity index (χ1v) is 8.43. The molecule has 0 fully saturated rings. The molecule has 0 amide bonds. The number of halogens is 1. The van der Waals surface area contributed by atoms with Crippen LogP contribution in [0.25, 0.3) is 0 Å². The average molecular weight is 446 g/mol. The van der Waals surface area contributed by atoms with E-state index in [-0.39, 0.29) is 30.1 Å². The smallest absolute Gasteiger partial charge is 0.189 e. The Morgan fingerprint density at radius 3 is 2.60 bits per heavy atom. The predicted molar refractivity (Wildman–Crippen MR) is 98.3 cm³/mol. The molecule has 1 aliphatic rings. The van der Waals surface area contributed by atoms with Gasteiger partial charge in [0.15, 0.2) is 11.9 Å². The second kappa shape index (κ2) is 8.88. The number of nitriles is 1. The van der Waals surface area contributed by atoms with Gasteiger partial charge in [-0.2, -0.15) is 5.26 Å². The van der Waals surface area contributed by atoms with Gasteiger partial charge in [-0.05, 0) is 38.1 Å². The van der Waals surface area contributed by atoms with Gasteiger partial charge in [0.25, 0.3) is 0 Å². The van der Waals surface area contributed by atoms with Gasteiger partial charge in [0.2, 0.25) is 0 Å². The van der Waals surface area contributed by atoms with E-state index in [9.17, 15) is 5.26 Å². The Kier molecular flexibility index (Phi) is 6.85. The summed E-state index contributed by atoms with van der Waals surface area (Å²) in [6.07, 6.45) is 4.47. The van der Waals surface area contributed by atoms with Crippen molar-refractivity contribution < 1.29 is 28.9 Å².